The molecule has 0 spiro atoms. The summed E-state index contributed by atoms with van der Waals surface area (Å²) in [7, 11) is 0. The van der Waals surface area contributed by atoms with Crippen LogP contribution in [-0.2, 0) is 6.18 Å². The number of halogens is 3. The summed E-state index contributed by atoms with van der Waals surface area (Å²) in [6.45, 7) is 0. The molecule has 2 N–H and O–H groups in total. The van der Waals surface area contributed by atoms with Gasteiger partial charge < -0.3 is 10.6 Å². The van der Waals surface area contributed by atoms with Crippen LogP contribution in [0.3, 0.4) is 0 Å². The maximum Gasteiger partial charge on any atom is 0.416 e. The van der Waals surface area contributed by atoms with Gasteiger partial charge in [-0.15, -0.1) is 0 Å². The fourth-order valence-corrected chi connectivity index (χ4v) is 2.96. The Morgan fingerprint density at radius 3 is 2.39 bits per heavy atom. The molecular formula is C22H17F3N4O2. The van der Waals surface area contributed by atoms with E-state index in [4.69, 9.17) is 0 Å². The Balaban J connectivity index is 1.55. The van der Waals surface area contributed by atoms with Crippen LogP contribution in [0.15, 0.2) is 61.1 Å². The van der Waals surface area contributed by atoms with E-state index in [1.165, 1.54) is 42.9 Å². The zero-order valence-electron chi connectivity index (χ0n) is 16.1. The van der Waals surface area contributed by atoms with Crippen molar-refractivity contribution in [1.29, 1.82) is 0 Å². The van der Waals surface area contributed by atoms with E-state index in [-0.39, 0.29) is 23.2 Å². The van der Waals surface area contributed by atoms with Crippen molar-refractivity contribution in [2.45, 2.75) is 25.1 Å². The largest absolute Gasteiger partial charge is 0.416 e. The molecule has 0 unspecified atom stereocenters. The van der Waals surface area contributed by atoms with E-state index in [0.29, 0.717) is 16.8 Å². The van der Waals surface area contributed by atoms with Crippen molar-refractivity contribution in [1.82, 2.24) is 15.3 Å². The average Bonchev–Trinajstić information content (AvgIpc) is 3.58. The number of carbonyl (C=O) groups is 2. The normalized spacial score (nSPS) is 13.5. The number of benzene rings is 1. The van der Waals surface area contributed by atoms with Gasteiger partial charge in [-0.1, -0.05) is 12.1 Å². The lowest BCUT2D eigenvalue weighted by Gasteiger charge is -2.12. The van der Waals surface area contributed by atoms with Crippen LogP contribution in [0.2, 0.25) is 0 Å². The van der Waals surface area contributed by atoms with Gasteiger partial charge in [-0.05, 0) is 48.7 Å². The first kappa shape index (κ1) is 20.5. The third-order valence-corrected chi connectivity index (χ3v) is 4.76. The summed E-state index contributed by atoms with van der Waals surface area (Å²) in [4.78, 5) is 32.9. The molecule has 1 aliphatic rings. The highest BCUT2D eigenvalue weighted by Crippen LogP contribution is 2.33. The highest BCUT2D eigenvalue weighted by atomic mass is 19.4. The van der Waals surface area contributed by atoms with Gasteiger partial charge in [-0.2, -0.15) is 13.2 Å². The highest BCUT2D eigenvalue weighted by Gasteiger charge is 2.30. The molecular weight excluding hydrogens is 409 g/mol. The van der Waals surface area contributed by atoms with Crippen molar-refractivity contribution < 1.29 is 22.8 Å². The minimum absolute atomic E-state index is 0.133. The number of rotatable bonds is 5. The molecule has 6 nitrogen and oxygen atoms in total. The number of nitrogens with one attached hydrogen (secondary N) is 2. The first-order chi connectivity index (χ1) is 14.8. The van der Waals surface area contributed by atoms with Crippen LogP contribution < -0.4 is 10.6 Å². The van der Waals surface area contributed by atoms with Gasteiger partial charge in [0.25, 0.3) is 11.8 Å². The van der Waals surface area contributed by atoms with Crippen molar-refractivity contribution in [3.63, 3.8) is 0 Å². The number of carbonyl (C=O) groups excluding carboxylic acids is 2. The van der Waals surface area contributed by atoms with E-state index in [1.807, 2.05) is 0 Å². The van der Waals surface area contributed by atoms with Gasteiger partial charge >= 0.3 is 6.18 Å². The van der Waals surface area contributed by atoms with Crippen molar-refractivity contribution in [3.8, 4) is 11.1 Å². The third-order valence-electron chi connectivity index (χ3n) is 4.76. The van der Waals surface area contributed by atoms with Gasteiger partial charge in [-0.3, -0.25) is 19.6 Å². The SMILES string of the molecule is O=C(Nc1cnccc1-c1ccc(C(F)(F)F)cc1)c1ccnc(C(=O)NC2CC2)c1. The van der Waals surface area contributed by atoms with E-state index in [0.717, 1.165) is 25.0 Å². The maximum absolute atomic E-state index is 12.8. The topological polar surface area (TPSA) is 84.0 Å². The van der Waals surface area contributed by atoms with Gasteiger partial charge in [0.05, 0.1) is 17.4 Å². The molecule has 2 heterocycles. The Morgan fingerprint density at radius 1 is 0.968 bits per heavy atom. The van der Waals surface area contributed by atoms with Crippen LogP contribution in [-0.4, -0.2) is 27.8 Å². The zero-order valence-corrected chi connectivity index (χ0v) is 16.1. The Kier molecular flexibility index (Phi) is 5.41. The number of hydrogen-bond acceptors (Lipinski definition) is 4. The second-order valence-electron chi connectivity index (χ2n) is 7.13. The number of alkyl halides is 3. The molecule has 2 aromatic heterocycles. The molecule has 1 aliphatic carbocycles. The van der Waals surface area contributed by atoms with Crippen LogP contribution in [0.4, 0.5) is 18.9 Å². The second-order valence-corrected chi connectivity index (χ2v) is 7.13. The molecule has 0 saturated heterocycles. The van der Waals surface area contributed by atoms with Crippen LogP contribution in [0, 0.1) is 0 Å². The number of amides is 2. The summed E-state index contributed by atoms with van der Waals surface area (Å²) in [5, 5.41) is 5.51. The minimum Gasteiger partial charge on any atom is -0.348 e. The lowest BCUT2D eigenvalue weighted by Crippen LogP contribution is -2.26. The van der Waals surface area contributed by atoms with Crippen LogP contribution >= 0.6 is 0 Å². The maximum atomic E-state index is 12.8. The summed E-state index contributed by atoms with van der Waals surface area (Å²) in [6, 6.07) is 9.25. The Morgan fingerprint density at radius 2 is 1.71 bits per heavy atom. The van der Waals surface area contributed by atoms with Crippen molar-refractivity contribution in [2.24, 2.45) is 0 Å². The number of anilines is 1. The highest BCUT2D eigenvalue weighted by molar-refractivity contribution is 6.07. The van der Waals surface area contributed by atoms with Crippen LogP contribution in [0.1, 0.15) is 39.3 Å². The molecule has 0 atom stereocenters. The first-order valence-corrected chi connectivity index (χ1v) is 9.51. The molecule has 1 saturated carbocycles. The van der Waals surface area contributed by atoms with Crippen LogP contribution in [0.5, 0.6) is 0 Å². The lowest BCUT2D eigenvalue weighted by molar-refractivity contribution is -0.137. The molecule has 3 aromatic rings. The molecule has 2 amide bonds. The summed E-state index contributed by atoms with van der Waals surface area (Å²) in [5.74, 6) is -0.840. The molecule has 0 radical (unpaired) electrons. The van der Waals surface area contributed by atoms with Gasteiger partial charge in [-0.25, -0.2) is 0 Å². The van der Waals surface area contributed by atoms with E-state index in [9.17, 15) is 22.8 Å². The lowest BCUT2D eigenvalue weighted by atomic mass is 10.0. The zero-order chi connectivity index (χ0) is 22.0. The molecule has 4 rings (SSSR count). The first-order valence-electron chi connectivity index (χ1n) is 9.51. The van der Waals surface area contributed by atoms with E-state index in [1.54, 1.807) is 6.07 Å². The van der Waals surface area contributed by atoms with E-state index in [2.05, 4.69) is 20.6 Å². The summed E-state index contributed by atoms with van der Waals surface area (Å²) in [5.41, 5.74) is 0.923. The monoisotopic (exact) mass is 426 g/mol. The summed E-state index contributed by atoms with van der Waals surface area (Å²) < 4.78 is 38.5. The Labute approximate surface area is 175 Å². The fourth-order valence-electron chi connectivity index (χ4n) is 2.96. The van der Waals surface area contributed by atoms with Crippen molar-refractivity contribution >= 4 is 17.5 Å². The van der Waals surface area contributed by atoms with Gasteiger partial charge in [0, 0.05) is 29.6 Å². The molecule has 158 valence electrons. The van der Waals surface area contributed by atoms with E-state index < -0.39 is 17.6 Å². The third kappa shape index (κ3) is 4.88. The summed E-state index contributed by atoms with van der Waals surface area (Å²) >= 11 is 0. The fraction of sp³-hybridized carbons (Fsp3) is 0.182. The number of pyridine rings is 2. The van der Waals surface area contributed by atoms with Crippen molar-refractivity contribution in [2.75, 3.05) is 5.32 Å². The van der Waals surface area contributed by atoms with Gasteiger partial charge in [0.15, 0.2) is 0 Å². The molecule has 9 heteroatoms. The molecule has 1 fully saturated rings. The quantitative estimate of drug-likeness (QED) is 0.637. The molecule has 31 heavy (non-hydrogen) atoms. The predicted octanol–water partition coefficient (Wildman–Crippen LogP) is 4.31. The Bertz CT molecular complexity index is 1130. The summed E-state index contributed by atoms with van der Waals surface area (Å²) in [6.07, 6.45) is 1.69. The molecule has 0 aliphatic heterocycles. The van der Waals surface area contributed by atoms with Gasteiger partial charge in [0.1, 0.15) is 5.69 Å². The Hall–Kier alpha value is -3.75. The smallest absolute Gasteiger partial charge is 0.348 e. The van der Waals surface area contributed by atoms with Gasteiger partial charge in [0.2, 0.25) is 0 Å². The minimum atomic E-state index is -4.43. The molecule has 1 aromatic carbocycles. The van der Waals surface area contributed by atoms with Crippen molar-refractivity contribution in [3.05, 3.63) is 77.9 Å². The predicted molar refractivity (Wildman–Crippen MR) is 107 cm³/mol. The van der Waals surface area contributed by atoms with Crippen LogP contribution in [0.25, 0.3) is 11.1 Å². The second kappa shape index (κ2) is 8.17. The van der Waals surface area contributed by atoms with E-state index >= 15 is 0 Å². The number of nitrogens with zero attached hydrogens (tertiary/aromatic N) is 2. The number of hydrogen-bond donors (Lipinski definition) is 2. The molecule has 0 bridgehead atoms. The average molecular weight is 426 g/mol. The number of aromatic nitrogens is 2. The standard InChI is InChI=1S/C22H17F3N4O2/c23-22(24,25)15-3-1-13(2-4-15)17-8-9-26-12-19(17)29-20(30)14-7-10-27-18(11-14)21(31)28-16-5-6-16/h1-4,7-12,16H,5-6H2,(H,28,31)(H,29,30).